The smallest absolute Gasteiger partial charge is 0.246 e. The van der Waals surface area contributed by atoms with Crippen LogP contribution in [0.3, 0.4) is 0 Å². The van der Waals surface area contributed by atoms with E-state index in [1.807, 2.05) is 57.7 Å². The van der Waals surface area contributed by atoms with Crippen LogP contribution in [0.4, 0.5) is 10.1 Å². The van der Waals surface area contributed by atoms with Crippen molar-refractivity contribution in [3.8, 4) is 16.9 Å². The minimum atomic E-state index is -3.99. The van der Waals surface area contributed by atoms with E-state index in [1.54, 1.807) is 21.9 Å². The maximum absolute atomic E-state index is 16.7. The molecule has 1 aromatic carbocycles. The number of hydrogen-bond donors (Lipinski definition) is 1. The number of amides is 1. The summed E-state index contributed by atoms with van der Waals surface area (Å²) < 4.78 is 45.9. The lowest BCUT2D eigenvalue weighted by Gasteiger charge is -2.42. The van der Waals surface area contributed by atoms with Crippen LogP contribution in [0, 0.1) is 24.3 Å². The van der Waals surface area contributed by atoms with Crippen LogP contribution in [0.1, 0.15) is 43.5 Å². The third-order valence-electron chi connectivity index (χ3n) is 8.80. The number of rotatable bonds is 6. The van der Waals surface area contributed by atoms with Crippen LogP contribution < -0.4 is 4.90 Å². The average Bonchev–Trinajstić information content (AvgIpc) is 3.49. The SMILES string of the molecule is C=CC(=O)N1CCN(c2c(S(C)(=O)=O)c(=S)n(-c3c(C)ccnc3C(C)C)c3nc(-c4c(C)ccc5[nH]ncc45)c(F)cc23)[C@@H](C)C1. The molecule has 13 heteroatoms. The van der Waals surface area contributed by atoms with Crippen LogP contribution in [0.2, 0.25) is 0 Å². The molecular formula is C34H36FN7O3S2. The molecule has 1 aliphatic heterocycles. The third kappa shape index (κ3) is 5.40. The molecule has 0 saturated carbocycles. The molecule has 244 valence electrons. The van der Waals surface area contributed by atoms with Gasteiger partial charge in [0.2, 0.25) is 5.91 Å². The topological polar surface area (TPSA) is 117 Å². The molecule has 1 saturated heterocycles. The Morgan fingerprint density at radius 3 is 2.55 bits per heavy atom. The highest BCUT2D eigenvalue weighted by molar-refractivity contribution is 7.91. The quantitative estimate of drug-likeness (QED) is 0.167. The number of benzene rings is 1. The Labute approximate surface area is 277 Å². The zero-order valence-corrected chi connectivity index (χ0v) is 28.8. The molecule has 1 aliphatic rings. The fraction of sp³-hybridized carbons (Fsp3) is 0.324. The van der Waals surface area contributed by atoms with Gasteiger partial charge in [0, 0.05) is 54.5 Å². The summed E-state index contributed by atoms with van der Waals surface area (Å²) in [6, 6.07) is 6.61. The number of piperazine rings is 1. The summed E-state index contributed by atoms with van der Waals surface area (Å²) in [6.45, 7) is 14.2. The van der Waals surface area contributed by atoms with Crippen molar-refractivity contribution in [1.82, 2.24) is 29.6 Å². The van der Waals surface area contributed by atoms with E-state index >= 15 is 4.39 Å². The maximum atomic E-state index is 16.7. The number of pyridine rings is 3. The number of aromatic amines is 1. The number of fused-ring (bicyclic) bond motifs is 2. The molecule has 1 fully saturated rings. The molecule has 0 aliphatic carbocycles. The summed E-state index contributed by atoms with van der Waals surface area (Å²) in [6.07, 6.45) is 5.72. The van der Waals surface area contributed by atoms with Gasteiger partial charge in [-0.15, -0.1) is 0 Å². The van der Waals surface area contributed by atoms with Crippen LogP contribution in [-0.2, 0) is 14.6 Å². The van der Waals surface area contributed by atoms with Gasteiger partial charge in [-0.25, -0.2) is 17.8 Å². The van der Waals surface area contributed by atoms with Crippen molar-refractivity contribution in [1.29, 1.82) is 0 Å². The predicted molar refractivity (Wildman–Crippen MR) is 185 cm³/mol. The van der Waals surface area contributed by atoms with E-state index in [0.717, 1.165) is 22.9 Å². The summed E-state index contributed by atoms with van der Waals surface area (Å²) >= 11 is 6.12. The van der Waals surface area contributed by atoms with E-state index in [9.17, 15) is 13.2 Å². The summed E-state index contributed by atoms with van der Waals surface area (Å²) in [4.78, 5) is 25.6. The second kappa shape index (κ2) is 11.9. The highest BCUT2D eigenvalue weighted by Gasteiger charge is 2.34. The Kier molecular flexibility index (Phi) is 8.25. The number of nitrogens with zero attached hydrogens (tertiary/aromatic N) is 6. The van der Waals surface area contributed by atoms with Crippen molar-refractivity contribution in [2.24, 2.45) is 0 Å². The highest BCUT2D eigenvalue weighted by atomic mass is 32.2. The van der Waals surface area contributed by atoms with Gasteiger partial charge in [0.25, 0.3) is 0 Å². The van der Waals surface area contributed by atoms with Crippen molar-refractivity contribution < 1.29 is 17.6 Å². The Balaban J connectivity index is 1.79. The van der Waals surface area contributed by atoms with E-state index in [-0.39, 0.29) is 50.7 Å². The first kappa shape index (κ1) is 32.5. The molecular weight excluding hydrogens is 638 g/mol. The van der Waals surface area contributed by atoms with Crippen molar-refractivity contribution in [2.75, 3.05) is 30.8 Å². The van der Waals surface area contributed by atoms with E-state index in [4.69, 9.17) is 17.2 Å². The molecule has 5 aromatic rings. The van der Waals surface area contributed by atoms with Gasteiger partial charge in [-0.05, 0) is 62.1 Å². The number of nitrogens with one attached hydrogen (secondary N) is 1. The predicted octanol–water partition coefficient (Wildman–Crippen LogP) is 6.20. The Morgan fingerprint density at radius 1 is 1.15 bits per heavy atom. The lowest BCUT2D eigenvalue weighted by Crippen LogP contribution is -2.53. The molecule has 10 nitrogen and oxygen atoms in total. The van der Waals surface area contributed by atoms with E-state index in [1.165, 1.54) is 12.1 Å². The number of hydrogen-bond acceptors (Lipinski definition) is 8. The number of aryl methyl sites for hydroxylation is 2. The number of halogens is 1. The van der Waals surface area contributed by atoms with Gasteiger partial charge in [-0.1, -0.05) is 38.7 Å². The highest BCUT2D eigenvalue weighted by Crippen LogP contribution is 2.42. The fourth-order valence-electron chi connectivity index (χ4n) is 6.59. The van der Waals surface area contributed by atoms with Gasteiger partial charge in [0.05, 0.1) is 28.8 Å². The standard InChI is InChI=1S/C34H36FN7O3S2/c1-8-26(43)40-13-14-41(21(6)17-40)31-22-15-24(35)29(27-19(4)9-10-25-23(27)16-37-39-25)38-33(22)42(34(46)32(31)47(7,44)45)30-20(5)11-12-36-28(30)18(2)3/h8-12,15-16,18,21H,1,13-14,17H2,2-7H3,(H,37,39)/t21-/m0/s1. The first-order valence-electron chi connectivity index (χ1n) is 15.3. The molecule has 0 bridgehead atoms. The van der Waals surface area contributed by atoms with Crippen molar-refractivity contribution in [3.05, 3.63) is 76.6 Å². The van der Waals surface area contributed by atoms with Crippen molar-refractivity contribution in [3.63, 3.8) is 0 Å². The summed E-state index contributed by atoms with van der Waals surface area (Å²) in [5, 5.41) is 8.11. The fourth-order valence-corrected chi connectivity index (χ4v) is 8.31. The number of carbonyl (C=O) groups excluding carboxylic acids is 1. The minimum absolute atomic E-state index is 0.0214. The number of carbonyl (C=O) groups is 1. The maximum Gasteiger partial charge on any atom is 0.246 e. The van der Waals surface area contributed by atoms with Gasteiger partial charge in [0.15, 0.2) is 9.84 Å². The summed E-state index contributed by atoms with van der Waals surface area (Å²) in [5.41, 5.74) is 4.84. The van der Waals surface area contributed by atoms with Crippen LogP contribution >= 0.6 is 12.2 Å². The van der Waals surface area contributed by atoms with Crippen molar-refractivity contribution in [2.45, 2.75) is 51.5 Å². The molecule has 6 rings (SSSR count). The largest absolute Gasteiger partial charge is 0.364 e. The van der Waals surface area contributed by atoms with Crippen LogP contribution in [0.15, 0.2) is 54.2 Å². The molecule has 1 atom stereocenters. The molecule has 0 unspecified atom stereocenters. The van der Waals surface area contributed by atoms with Crippen LogP contribution in [0.5, 0.6) is 0 Å². The molecule has 47 heavy (non-hydrogen) atoms. The molecule has 1 N–H and O–H groups in total. The molecule has 5 heterocycles. The number of aromatic nitrogens is 5. The molecule has 4 aromatic heterocycles. The van der Waals surface area contributed by atoms with E-state index in [0.29, 0.717) is 41.1 Å². The Hall–Kier alpha value is -4.49. The Morgan fingerprint density at radius 2 is 1.89 bits per heavy atom. The van der Waals surface area contributed by atoms with Crippen LogP contribution in [-0.4, -0.2) is 75.9 Å². The van der Waals surface area contributed by atoms with Gasteiger partial charge in [-0.3, -0.25) is 19.4 Å². The zero-order valence-electron chi connectivity index (χ0n) is 27.1. The molecule has 0 spiro atoms. The van der Waals surface area contributed by atoms with Crippen LogP contribution in [0.25, 0.3) is 38.9 Å². The summed E-state index contributed by atoms with van der Waals surface area (Å²) in [7, 11) is -3.99. The second-order valence-electron chi connectivity index (χ2n) is 12.4. The number of H-pyrrole nitrogens is 1. The third-order valence-corrected chi connectivity index (χ3v) is 10.4. The Bertz CT molecular complexity index is 2280. The number of sulfone groups is 1. The zero-order chi connectivity index (χ0) is 33.9. The molecule has 1 amide bonds. The summed E-state index contributed by atoms with van der Waals surface area (Å²) in [5.74, 6) is -0.895. The lowest BCUT2D eigenvalue weighted by molar-refractivity contribution is -0.126. The normalized spacial score (nSPS) is 15.6. The van der Waals surface area contributed by atoms with Crippen molar-refractivity contribution >= 4 is 55.6 Å². The van der Waals surface area contributed by atoms with Gasteiger partial charge in [-0.2, -0.15) is 5.10 Å². The minimum Gasteiger partial charge on any atom is -0.364 e. The van der Waals surface area contributed by atoms with E-state index < -0.39 is 15.7 Å². The van der Waals surface area contributed by atoms with Gasteiger partial charge < -0.3 is 9.80 Å². The molecule has 0 radical (unpaired) electrons. The first-order valence-corrected chi connectivity index (χ1v) is 17.6. The average molecular weight is 674 g/mol. The van der Waals surface area contributed by atoms with Gasteiger partial charge in [0.1, 0.15) is 26.7 Å². The first-order chi connectivity index (χ1) is 22.2. The lowest BCUT2D eigenvalue weighted by atomic mass is 9.99. The van der Waals surface area contributed by atoms with Gasteiger partial charge >= 0.3 is 0 Å². The van der Waals surface area contributed by atoms with E-state index in [2.05, 4.69) is 21.8 Å². The monoisotopic (exact) mass is 673 g/mol. The number of anilines is 1. The second-order valence-corrected chi connectivity index (χ2v) is 14.8.